The zero-order valence-electron chi connectivity index (χ0n) is 9.22. The van der Waals surface area contributed by atoms with Crippen molar-refractivity contribution in [2.75, 3.05) is 12.4 Å². The Kier molecular flexibility index (Phi) is 3.76. The Bertz CT molecular complexity index is 484. The minimum Gasteiger partial charge on any atom is -0.465 e. The first-order chi connectivity index (χ1) is 7.93. The first-order valence-electron chi connectivity index (χ1n) is 4.59. The van der Waals surface area contributed by atoms with Crippen molar-refractivity contribution in [1.29, 1.82) is 0 Å². The van der Waals surface area contributed by atoms with Crippen LogP contribution in [0.25, 0.3) is 0 Å². The quantitative estimate of drug-likeness (QED) is 0.486. The minimum atomic E-state index is -0.708. The van der Waals surface area contributed by atoms with Crippen molar-refractivity contribution in [3.05, 3.63) is 33.9 Å². The molecule has 0 radical (unpaired) electrons. The molecule has 7 heteroatoms. The van der Waals surface area contributed by atoms with Gasteiger partial charge in [0.25, 0.3) is 5.69 Å². The summed E-state index contributed by atoms with van der Waals surface area (Å²) in [7, 11) is 1.17. The van der Waals surface area contributed by atoms with Gasteiger partial charge in [-0.1, -0.05) is 0 Å². The van der Waals surface area contributed by atoms with Crippen LogP contribution in [0.3, 0.4) is 0 Å². The van der Waals surface area contributed by atoms with Gasteiger partial charge in [0, 0.05) is 24.7 Å². The van der Waals surface area contributed by atoms with Gasteiger partial charge in [0.1, 0.15) is 0 Å². The van der Waals surface area contributed by atoms with E-state index in [9.17, 15) is 19.7 Å². The predicted octanol–water partition coefficient (Wildman–Crippen LogP) is 1.34. The smallest absolute Gasteiger partial charge is 0.338 e. The molecule has 0 fully saturated rings. The molecule has 0 saturated heterocycles. The van der Waals surface area contributed by atoms with Gasteiger partial charge in [-0.15, -0.1) is 0 Å². The molecule has 1 aromatic rings. The number of amides is 1. The van der Waals surface area contributed by atoms with Gasteiger partial charge in [0.2, 0.25) is 5.91 Å². The largest absolute Gasteiger partial charge is 0.465 e. The van der Waals surface area contributed by atoms with Crippen molar-refractivity contribution in [3.63, 3.8) is 0 Å². The minimum absolute atomic E-state index is 0.00505. The summed E-state index contributed by atoms with van der Waals surface area (Å²) in [6, 6.07) is 3.55. The highest BCUT2D eigenvalue weighted by atomic mass is 16.6. The number of methoxy groups -OCH3 is 1. The van der Waals surface area contributed by atoms with Gasteiger partial charge in [-0.05, 0) is 6.07 Å². The van der Waals surface area contributed by atoms with E-state index >= 15 is 0 Å². The summed E-state index contributed by atoms with van der Waals surface area (Å²) >= 11 is 0. The monoisotopic (exact) mass is 238 g/mol. The standard InChI is InChI=1S/C10H10N2O5/c1-6(13)11-8-3-7(10(14)17-2)4-9(5-8)12(15)16/h3-5H,1-2H3,(H,11,13). The Hall–Kier alpha value is -2.44. The Balaban J connectivity index is 3.23. The Labute approximate surface area is 96.5 Å². The van der Waals surface area contributed by atoms with E-state index in [1.54, 1.807) is 0 Å². The van der Waals surface area contributed by atoms with E-state index in [0.29, 0.717) is 0 Å². The lowest BCUT2D eigenvalue weighted by atomic mass is 10.1. The second-order valence-corrected chi connectivity index (χ2v) is 3.20. The van der Waals surface area contributed by atoms with Crippen LogP contribution in [0, 0.1) is 10.1 Å². The molecule has 17 heavy (non-hydrogen) atoms. The van der Waals surface area contributed by atoms with E-state index in [0.717, 1.165) is 12.1 Å². The van der Waals surface area contributed by atoms with Crippen molar-refractivity contribution < 1.29 is 19.2 Å². The maximum Gasteiger partial charge on any atom is 0.338 e. The fraction of sp³-hybridized carbons (Fsp3) is 0.200. The maximum absolute atomic E-state index is 11.3. The van der Waals surface area contributed by atoms with Crippen LogP contribution in [0.5, 0.6) is 0 Å². The normalized spacial score (nSPS) is 9.53. The maximum atomic E-state index is 11.3. The van der Waals surface area contributed by atoms with Gasteiger partial charge in [-0.25, -0.2) is 4.79 Å². The van der Waals surface area contributed by atoms with E-state index in [4.69, 9.17) is 0 Å². The second-order valence-electron chi connectivity index (χ2n) is 3.20. The van der Waals surface area contributed by atoms with Crippen LogP contribution in [-0.4, -0.2) is 23.9 Å². The van der Waals surface area contributed by atoms with E-state index < -0.39 is 10.9 Å². The molecule has 0 aliphatic carbocycles. The fourth-order valence-electron chi connectivity index (χ4n) is 1.23. The highest BCUT2D eigenvalue weighted by molar-refractivity contribution is 5.94. The number of non-ortho nitro benzene ring substituents is 1. The summed E-state index contributed by atoms with van der Waals surface area (Å²) in [5.74, 6) is -1.10. The lowest BCUT2D eigenvalue weighted by Gasteiger charge is -2.04. The van der Waals surface area contributed by atoms with Crippen molar-refractivity contribution in [2.24, 2.45) is 0 Å². The number of benzene rings is 1. The first kappa shape index (κ1) is 12.6. The number of rotatable bonds is 3. The van der Waals surface area contributed by atoms with Crippen molar-refractivity contribution in [1.82, 2.24) is 0 Å². The van der Waals surface area contributed by atoms with Gasteiger partial charge in [0.15, 0.2) is 0 Å². The molecule has 0 aliphatic rings. The number of carbonyl (C=O) groups is 2. The zero-order valence-corrected chi connectivity index (χ0v) is 9.22. The molecule has 1 amide bonds. The Morgan fingerprint density at radius 2 is 2.00 bits per heavy atom. The number of hydrogen-bond donors (Lipinski definition) is 1. The molecule has 0 bridgehead atoms. The lowest BCUT2D eigenvalue weighted by molar-refractivity contribution is -0.384. The molecule has 90 valence electrons. The number of nitro groups is 1. The summed E-state index contributed by atoms with van der Waals surface area (Å²) in [6.07, 6.45) is 0. The third kappa shape index (κ3) is 3.26. The fourth-order valence-corrected chi connectivity index (χ4v) is 1.23. The summed E-state index contributed by atoms with van der Waals surface area (Å²) in [6.45, 7) is 1.26. The van der Waals surface area contributed by atoms with Crippen LogP contribution in [0.15, 0.2) is 18.2 Å². The molecule has 1 aromatic carbocycles. The van der Waals surface area contributed by atoms with E-state index in [2.05, 4.69) is 10.1 Å². The summed E-state index contributed by atoms with van der Waals surface area (Å²) < 4.78 is 4.46. The highest BCUT2D eigenvalue weighted by Gasteiger charge is 2.15. The summed E-state index contributed by atoms with van der Waals surface area (Å²) in [5, 5.41) is 13.0. The van der Waals surface area contributed by atoms with Gasteiger partial charge in [-0.3, -0.25) is 14.9 Å². The number of nitrogens with zero attached hydrogens (tertiary/aromatic N) is 1. The molecule has 0 heterocycles. The van der Waals surface area contributed by atoms with Gasteiger partial charge >= 0.3 is 5.97 Å². The third-order valence-corrected chi connectivity index (χ3v) is 1.87. The molecule has 0 aromatic heterocycles. The molecule has 1 rings (SSSR count). The van der Waals surface area contributed by atoms with Crippen LogP contribution in [0.2, 0.25) is 0 Å². The predicted molar refractivity (Wildman–Crippen MR) is 58.7 cm³/mol. The first-order valence-corrected chi connectivity index (χ1v) is 4.59. The van der Waals surface area contributed by atoms with Gasteiger partial charge < -0.3 is 10.1 Å². The van der Waals surface area contributed by atoms with Gasteiger partial charge in [0.05, 0.1) is 17.6 Å². The average Bonchev–Trinajstić information content (AvgIpc) is 2.26. The van der Waals surface area contributed by atoms with Crippen molar-refractivity contribution in [3.8, 4) is 0 Å². The number of esters is 1. The molecule has 0 aliphatic heterocycles. The molecule has 0 saturated carbocycles. The number of hydrogen-bond acceptors (Lipinski definition) is 5. The number of anilines is 1. The van der Waals surface area contributed by atoms with E-state index in [1.807, 2.05) is 0 Å². The van der Waals surface area contributed by atoms with E-state index in [-0.39, 0.29) is 22.8 Å². The van der Waals surface area contributed by atoms with Crippen LogP contribution >= 0.6 is 0 Å². The van der Waals surface area contributed by atoms with Crippen LogP contribution < -0.4 is 5.32 Å². The molecule has 0 atom stereocenters. The molecule has 7 nitrogen and oxygen atoms in total. The highest BCUT2D eigenvalue weighted by Crippen LogP contribution is 2.21. The molecular weight excluding hydrogens is 228 g/mol. The zero-order chi connectivity index (χ0) is 13.0. The topological polar surface area (TPSA) is 98.5 Å². The van der Waals surface area contributed by atoms with Gasteiger partial charge in [-0.2, -0.15) is 0 Å². The number of carbonyl (C=O) groups excluding carboxylic acids is 2. The number of ether oxygens (including phenoxy) is 1. The second kappa shape index (κ2) is 5.06. The number of nitrogens with one attached hydrogen (secondary N) is 1. The average molecular weight is 238 g/mol. The SMILES string of the molecule is COC(=O)c1cc(NC(C)=O)cc([N+](=O)[O-])c1. The van der Waals surface area contributed by atoms with E-state index in [1.165, 1.54) is 20.1 Å². The molecule has 1 N–H and O–H groups in total. The molecule has 0 unspecified atom stereocenters. The third-order valence-electron chi connectivity index (χ3n) is 1.87. The number of nitro benzene ring substituents is 1. The lowest BCUT2D eigenvalue weighted by Crippen LogP contribution is -2.08. The van der Waals surface area contributed by atoms with Crippen molar-refractivity contribution in [2.45, 2.75) is 6.92 Å². The van der Waals surface area contributed by atoms with Crippen LogP contribution in [0.4, 0.5) is 11.4 Å². The van der Waals surface area contributed by atoms with Crippen molar-refractivity contribution >= 4 is 23.3 Å². The summed E-state index contributed by atoms with van der Waals surface area (Å²) in [5.41, 5.74) is -0.116. The van der Waals surface area contributed by atoms with Crippen LogP contribution in [0.1, 0.15) is 17.3 Å². The molecule has 0 spiro atoms. The van der Waals surface area contributed by atoms with Crippen LogP contribution in [-0.2, 0) is 9.53 Å². The summed E-state index contributed by atoms with van der Waals surface area (Å²) in [4.78, 5) is 32.1. The molecular formula is C10H10N2O5. The Morgan fingerprint density at radius 3 is 2.47 bits per heavy atom. The Morgan fingerprint density at radius 1 is 1.35 bits per heavy atom.